The smallest absolute Gasteiger partial charge is 0.347 e. The number of carbonyl (C=O) groups is 2. The first kappa shape index (κ1) is 17.6. The van der Waals surface area contributed by atoms with Gasteiger partial charge >= 0.3 is 5.97 Å². The van der Waals surface area contributed by atoms with Gasteiger partial charge < -0.3 is 14.7 Å². The number of carboxylic acid groups (broad SMARTS) is 1. The summed E-state index contributed by atoms with van der Waals surface area (Å²) >= 11 is 1.07. The van der Waals surface area contributed by atoms with Gasteiger partial charge in [0.1, 0.15) is 11.0 Å². The normalized spacial score (nSPS) is 26.7. The van der Waals surface area contributed by atoms with E-state index in [1.807, 2.05) is 37.3 Å². The highest BCUT2D eigenvalue weighted by Gasteiger charge is 2.48. The molecule has 0 saturated carbocycles. The molecule has 1 aromatic heterocycles. The number of nitrogens with zero attached hydrogens (tertiary/aromatic N) is 2. The molecule has 0 spiro atoms. The van der Waals surface area contributed by atoms with Crippen LogP contribution in [0.2, 0.25) is 0 Å². The summed E-state index contributed by atoms with van der Waals surface area (Å²) in [5, 5.41) is 9.62. The predicted molar refractivity (Wildman–Crippen MR) is 93.7 cm³/mol. The summed E-state index contributed by atoms with van der Waals surface area (Å²) in [6.07, 6.45) is 1.30. The van der Waals surface area contributed by atoms with Gasteiger partial charge in [-0.1, -0.05) is 30.3 Å². The second kappa shape index (κ2) is 6.57. The van der Waals surface area contributed by atoms with Crippen LogP contribution in [0.1, 0.15) is 40.2 Å². The van der Waals surface area contributed by atoms with E-state index in [1.54, 1.807) is 18.9 Å². The number of likely N-dealkylation sites (N-methyl/N-ethyl adjacent to an activating group) is 1. The fraction of sp³-hybridized carbons (Fsp3) is 0.389. The highest BCUT2D eigenvalue weighted by Crippen LogP contribution is 2.38. The third-order valence-corrected chi connectivity index (χ3v) is 5.58. The Balaban J connectivity index is 1.90. The maximum Gasteiger partial charge on any atom is 0.347 e. The van der Waals surface area contributed by atoms with E-state index in [-0.39, 0.29) is 29.4 Å². The minimum Gasteiger partial charge on any atom is -0.477 e. The van der Waals surface area contributed by atoms with Gasteiger partial charge in [0.15, 0.2) is 5.60 Å². The molecule has 3 rings (SSSR count). The van der Waals surface area contributed by atoms with Crippen LogP contribution in [-0.4, -0.2) is 45.6 Å². The van der Waals surface area contributed by atoms with E-state index in [0.29, 0.717) is 5.01 Å². The highest BCUT2D eigenvalue weighted by atomic mass is 32.1. The molecule has 2 aromatic rings. The van der Waals surface area contributed by atoms with E-state index in [9.17, 15) is 9.59 Å². The maximum atomic E-state index is 12.8. The fourth-order valence-electron chi connectivity index (χ4n) is 3.08. The standard InChI is InChI=1S/C18H20N2O4S/c1-11-15(12-7-5-4-6-8-12)24-18(2,17(23)20(11)3)9-14-19-10-13(25-14)16(21)22/h4-8,10-11,15H,9H2,1-3H3,(H,21,22). The lowest BCUT2D eigenvalue weighted by molar-refractivity contribution is -0.191. The van der Waals surface area contributed by atoms with Crippen molar-refractivity contribution in [2.75, 3.05) is 7.05 Å². The molecule has 0 aliphatic carbocycles. The molecule has 7 heteroatoms. The predicted octanol–water partition coefficient (Wildman–Crippen LogP) is 2.76. The molecule has 1 amide bonds. The number of carboxylic acids is 1. The van der Waals surface area contributed by atoms with Crippen LogP contribution < -0.4 is 0 Å². The van der Waals surface area contributed by atoms with Crippen LogP contribution >= 0.6 is 11.3 Å². The van der Waals surface area contributed by atoms with Crippen molar-refractivity contribution in [2.45, 2.75) is 38.0 Å². The fourth-order valence-corrected chi connectivity index (χ4v) is 3.98. The van der Waals surface area contributed by atoms with Crippen molar-refractivity contribution in [2.24, 2.45) is 0 Å². The third kappa shape index (κ3) is 3.29. The molecule has 132 valence electrons. The Bertz CT molecular complexity index is 791. The SMILES string of the molecule is CC1C(c2ccccc2)OC(C)(Cc2ncc(C(=O)O)s2)C(=O)N1C. The zero-order chi connectivity index (χ0) is 18.2. The van der Waals surface area contributed by atoms with E-state index in [1.165, 1.54) is 6.20 Å². The van der Waals surface area contributed by atoms with Crippen LogP contribution in [0.25, 0.3) is 0 Å². The van der Waals surface area contributed by atoms with Crippen molar-refractivity contribution in [3.63, 3.8) is 0 Å². The molecular weight excluding hydrogens is 340 g/mol. The Morgan fingerprint density at radius 3 is 2.68 bits per heavy atom. The lowest BCUT2D eigenvalue weighted by atomic mass is 9.92. The van der Waals surface area contributed by atoms with E-state index < -0.39 is 11.6 Å². The number of benzene rings is 1. The Morgan fingerprint density at radius 1 is 1.40 bits per heavy atom. The molecule has 6 nitrogen and oxygen atoms in total. The second-order valence-corrected chi connectivity index (χ2v) is 7.55. The van der Waals surface area contributed by atoms with Gasteiger partial charge in [0, 0.05) is 13.5 Å². The molecule has 0 bridgehead atoms. The first-order valence-electron chi connectivity index (χ1n) is 8.00. The molecule has 3 atom stereocenters. The molecule has 1 fully saturated rings. The summed E-state index contributed by atoms with van der Waals surface area (Å²) in [6.45, 7) is 3.70. The first-order valence-corrected chi connectivity index (χ1v) is 8.81. The summed E-state index contributed by atoms with van der Waals surface area (Å²) < 4.78 is 6.26. The zero-order valence-electron chi connectivity index (χ0n) is 14.3. The number of aromatic nitrogens is 1. The van der Waals surface area contributed by atoms with Crippen molar-refractivity contribution in [3.8, 4) is 0 Å². The summed E-state index contributed by atoms with van der Waals surface area (Å²) in [4.78, 5) is 29.9. The average molecular weight is 360 g/mol. The van der Waals surface area contributed by atoms with Crippen molar-refractivity contribution in [1.29, 1.82) is 0 Å². The van der Waals surface area contributed by atoms with Crippen molar-refractivity contribution in [3.05, 3.63) is 52.0 Å². The Hall–Kier alpha value is -2.25. The Labute approximate surface area is 150 Å². The molecule has 1 aromatic carbocycles. The van der Waals surface area contributed by atoms with Gasteiger partial charge in [-0.25, -0.2) is 9.78 Å². The quantitative estimate of drug-likeness (QED) is 0.907. The minimum atomic E-state index is -1.09. The number of morpholine rings is 1. The number of hydrogen-bond acceptors (Lipinski definition) is 5. The lowest BCUT2D eigenvalue weighted by Crippen LogP contribution is -2.59. The average Bonchev–Trinajstić information content (AvgIpc) is 3.06. The monoisotopic (exact) mass is 360 g/mol. The second-order valence-electron chi connectivity index (χ2n) is 6.44. The van der Waals surface area contributed by atoms with Crippen molar-refractivity contribution >= 4 is 23.2 Å². The Morgan fingerprint density at radius 2 is 2.08 bits per heavy atom. The van der Waals surface area contributed by atoms with Gasteiger partial charge in [-0.15, -0.1) is 11.3 Å². The van der Waals surface area contributed by atoms with Crippen molar-refractivity contribution in [1.82, 2.24) is 9.88 Å². The summed E-state index contributed by atoms with van der Waals surface area (Å²) in [7, 11) is 1.77. The maximum absolute atomic E-state index is 12.8. The zero-order valence-corrected chi connectivity index (χ0v) is 15.1. The molecule has 2 heterocycles. The lowest BCUT2D eigenvalue weighted by Gasteiger charge is -2.46. The van der Waals surface area contributed by atoms with Crippen LogP contribution in [0.5, 0.6) is 0 Å². The number of carbonyl (C=O) groups excluding carboxylic acids is 1. The summed E-state index contributed by atoms with van der Waals surface area (Å²) in [6, 6.07) is 9.69. The van der Waals surface area contributed by atoms with Gasteiger partial charge in [0.25, 0.3) is 5.91 Å². The van der Waals surface area contributed by atoms with Crippen molar-refractivity contribution < 1.29 is 19.4 Å². The topological polar surface area (TPSA) is 79.7 Å². The number of aromatic carboxylic acids is 1. The number of rotatable bonds is 4. The number of hydrogen-bond donors (Lipinski definition) is 1. The van der Waals surface area contributed by atoms with Gasteiger partial charge in [-0.3, -0.25) is 4.79 Å². The largest absolute Gasteiger partial charge is 0.477 e. The minimum absolute atomic E-state index is 0.103. The van der Waals surface area contributed by atoms with Crippen LogP contribution in [0, 0.1) is 0 Å². The van der Waals surface area contributed by atoms with Crippen LogP contribution in [0.3, 0.4) is 0 Å². The number of ether oxygens (including phenoxy) is 1. The third-order valence-electron chi connectivity index (χ3n) is 4.59. The Kier molecular flexibility index (Phi) is 4.62. The van der Waals surface area contributed by atoms with Gasteiger partial charge in [-0.05, 0) is 19.4 Å². The molecule has 1 N–H and O–H groups in total. The number of amides is 1. The molecule has 1 aliphatic heterocycles. The highest BCUT2D eigenvalue weighted by molar-refractivity contribution is 7.13. The molecule has 3 unspecified atom stereocenters. The number of thiazole rings is 1. The molecule has 25 heavy (non-hydrogen) atoms. The van der Waals surface area contributed by atoms with Gasteiger partial charge in [-0.2, -0.15) is 0 Å². The molecular formula is C18H20N2O4S. The summed E-state index contributed by atoms with van der Waals surface area (Å²) in [5.41, 5.74) is -0.0824. The van der Waals surface area contributed by atoms with E-state index >= 15 is 0 Å². The summed E-state index contributed by atoms with van der Waals surface area (Å²) in [5.74, 6) is -1.14. The van der Waals surface area contributed by atoms with E-state index in [2.05, 4.69) is 4.98 Å². The van der Waals surface area contributed by atoms with Crippen LogP contribution in [0.15, 0.2) is 36.5 Å². The van der Waals surface area contributed by atoms with E-state index in [0.717, 1.165) is 16.9 Å². The molecule has 1 saturated heterocycles. The van der Waals surface area contributed by atoms with Crippen LogP contribution in [-0.2, 0) is 16.0 Å². The molecule has 1 aliphatic rings. The van der Waals surface area contributed by atoms with Gasteiger partial charge in [0.2, 0.25) is 0 Å². The molecule has 0 radical (unpaired) electrons. The van der Waals surface area contributed by atoms with Gasteiger partial charge in [0.05, 0.1) is 17.2 Å². The first-order chi connectivity index (χ1) is 11.8. The van der Waals surface area contributed by atoms with Crippen LogP contribution in [0.4, 0.5) is 0 Å². The van der Waals surface area contributed by atoms with E-state index in [4.69, 9.17) is 9.84 Å².